The third kappa shape index (κ3) is 7.85. The van der Waals surface area contributed by atoms with Crippen molar-refractivity contribution in [3.63, 3.8) is 0 Å². The molecule has 2 unspecified atom stereocenters. The Balaban J connectivity index is 0.790. The normalized spacial score (nSPS) is 23.2. The number of likely N-dealkylation sites (tertiary alicyclic amines) is 2. The summed E-state index contributed by atoms with van der Waals surface area (Å²) in [6, 6.07) is 30.7. The maximum Gasteiger partial charge on any atom is 0.407 e. The van der Waals surface area contributed by atoms with Crippen LogP contribution < -0.4 is 5.32 Å². The molecule has 2 bridgehead atoms. The number of imidazole rings is 2. The van der Waals surface area contributed by atoms with Crippen LogP contribution in [0, 0.1) is 17.3 Å². The Morgan fingerprint density at radius 3 is 2.15 bits per heavy atom. The molecule has 6 atom stereocenters. The number of piperidine rings is 1. The minimum atomic E-state index is -0.675. The minimum Gasteiger partial charge on any atom is -0.453 e. The molecule has 3 amide bonds. The summed E-state index contributed by atoms with van der Waals surface area (Å²) in [5, 5.41) is 5.05. The summed E-state index contributed by atoms with van der Waals surface area (Å²) in [5.41, 5.74) is 7.37. The summed E-state index contributed by atoms with van der Waals surface area (Å²) in [4.78, 5) is 64.3. The van der Waals surface area contributed by atoms with Crippen molar-refractivity contribution in [3.05, 3.63) is 121 Å². The number of nitrogens with one attached hydrogen (secondary N) is 3. The molecule has 13 nitrogen and oxygen atoms in total. The smallest absolute Gasteiger partial charge is 0.407 e. The van der Waals surface area contributed by atoms with E-state index in [1.165, 1.54) is 7.11 Å². The molecule has 13 heteroatoms. The molecule has 66 heavy (non-hydrogen) atoms. The highest BCUT2D eigenvalue weighted by Crippen LogP contribution is 2.59. The van der Waals surface area contributed by atoms with Gasteiger partial charge in [0.25, 0.3) is 0 Å². The lowest BCUT2D eigenvalue weighted by atomic mass is 9.95. The number of carbonyl (C=O) groups is 3. The van der Waals surface area contributed by atoms with E-state index in [1.807, 2.05) is 49.3 Å². The van der Waals surface area contributed by atoms with Crippen LogP contribution in [0.4, 0.5) is 4.79 Å². The second kappa shape index (κ2) is 17.2. The van der Waals surface area contributed by atoms with E-state index in [0.29, 0.717) is 19.1 Å². The first-order valence-electron chi connectivity index (χ1n) is 23.7. The van der Waals surface area contributed by atoms with Crippen molar-refractivity contribution >= 4 is 28.7 Å². The predicted molar refractivity (Wildman–Crippen MR) is 252 cm³/mol. The fourth-order valence-corrected chi connectivity index (χ4v) is 11.4. The highest BCUT2D eigenvalue weighted by atomic mass is 16.5. The van der Waals surface area contributed by atoms with Gasteiger partial charge >= 0.3 is 6.09 Å². The number of H-pyrrole nitrogens is 2. The molecule has 6 aromatic rings. The van der Waals surface area contributed by atoms with E-state index in [9.17, 15) is 14.4 Å². The molecule has 3 aliphatic heterocycles. The van der Waals surface area contributed by atoms with Crippen LogP contribution in [0.25, 0.3) is 44.4 Å². The van der Waals surface area contributed by atoms with Crippen molar-refractivity contribution in [3.8, 4) is 33.6 Å². The van der Waals surface area contributed by atoms with Crippen LogP contribution in [-0.4, -0.2) is 105 Å². The van der Waals surface area contributed by atoms with Gasteiger partial charge in [-0.2, -0.15) is 0 Å². The van der Waals surface area contributed by atoms with Crippen LogP contribution in [-0.2, 0) is 19.1 Å². The molecule has 5 aliphatic rings. The Kier molecular flexibility index (Phi) is 11.0. The maximum absolute atomic E-state index is 14.7. The molecule has 2 saturated carbocycles. The van der Waals surface area contributed by atoms with Crippen molar-refractivity contribution in [2.45, 2.75) is 82.6 Å². The Bertz CT molecular complexity index is 2760. The molecular weight excluding hydrogens is 829 g/mol. The van der Waals surface area contributed by atoms with Crippen molar-refractivity contribution in [2.24, 2.45) is 17.3 Å². The van der Waals surface area contributed by atoms with Gasteiger partial charge in [0.05, 0.1) is 56.2 Å². The highest BCUT2D eigenvalue weighted by molar-refractivity contribution is 5.91. The average Bonchev–Trinajstić information content (AvgIpc) is 3.99. The minimum absolute atomic E-state index is 0.0823. The van der Waals surface area contributed by atoms with Gasteiger partial charge in [0, 0.05) is 31.2 Å². The first kappa shape index (κ1) is 42.3. The fourth-order valence-electron chi connectivity index (χ4n) is 11.4. The number of alkyl carbamates (subject to hydrolysis) is 1. The van der Waals surface area contributed by atoms with E-state index in [1.54, 1.807) is 0 Å². The van der Waals surface area contributed by atoms with Gasteiger partial charge in [-0.1, -0.05) is 92.7 Å². The number of fused-ring (bicyclic) bond motifs is 3. The quantitative estimate of drug-likeness (QED) is 0.117. The lowest BCUT2D eigenvalue weighted by molar-refractivity contribution is -0.140. The van der Waals surface area contributed by atoms with Crippen molar-refractivity contribution in [1.29, 1.82) is 0 Å². The zero-order valence-electron chi connectivity index (χ0n) is 37.9. The first-order chi connectivity index (χ1) is 32.1. The molecule has 3 saturated heterocycles. The zero-order chi connectivity index (χ0) is 45.1. The lowest BCUT2D eigenvalue weighted by Crippen LogP contribution is -2.54. The number of amides is 3. The monoisotopic (exact) mass is 886 g/mol. The summed E-state index contributed by atoms with van der Waals surface area (Å²) in [6.07, 6.45) is 9.38. The van der Waals surface area contributed by atoms with Gasteiger partial charge in [-0.3, -0.25) is 14.5 Å². The standard InChI is InChI=1S/C53H58N8O5/c1-32(2)45(58-52(64)65-3)50(62)61-41-18-17-40(27-41)46(61)49-55-29-42(57-49)34-11-9-33(10-12-34)36-13-14-38-26-39(16-15-37(38)25-36)43-30-54-48(56-43)44-28-53(19-20-53)31-60(44)51(63)47(35-7-5-4-6-8-35)59-21-23-66-24-22-59/h4-16,25-26,29-30,32,40-41,44-47H,17-24,27-28,31H2,1-3H3,(H,54,56)(H,55,57)(H,58,64)/t40-,41+,44-,45-,46?,47?/m0/s1. The summed E-state index contributed by atoms with van der Waals surface area (Å²) >= 11 is 0. The molecular formula is C53H58N8O5. The Morgan fingerprint density at radius 2 is 1.44 bits per heavy atom. The molecule has 2 aromatic heterocycles. The van der Waals surface area contributed by atoms with Crippen molar-refractivity contribution in [1.82, 2.24) is 40.0 Å². The second-order valence-electron chi connectivity index (χ2n) is 19.6. The van der Waals surface area contributed by atoms with Gasteiger partial charge in [0.1, 0.15) is 23.7 Å². The largest absolute Gasteiger partial charge is 0.453 e. The molecule has 4 aromatic carbocycles. The summed E-state index contributed by atoms with van der Waals surface area (Å²) in [5.74, 6) is 1.94. The molecule has 2 aliphatic carbocycles. The number of carbonyl (C=O) groups excluding carboxylic acids is 3. The van der Waals surface area contributed by atoms with Crippen LogP contribution in [0.1, 0.15) is 87.7 Å². The molecule has 5 fully saturated rings. The van der Waals surface area contributed by atoms with Crippen LogP contribution in [0.2, 0.25) is 0 Å². The lowest BCUT2D eigenvalue weighted by Gasteiger charge is -2.37. The number of ether oxygens (including phenoxy) is 2. The van der Waals surface area contributed by atoms with Crippen LogP contribution >= 0.6 is 0 Å². The van der Waals surface area contributed by atoms with Gasteiger partial charge in [-0.05, 0) is 101 Å². The van der Waals surface area contributed by atoms with Crippen LogP contribution in [0.3, 0.4) is 0 Å². The Labute approximate surface area is 385 Å². The maximum atomic E-state index is 14.7. The Hall–Kier alpha value is -6.31. The van der Waals surface area contributed by atoms with Crippen molar-refractivity contribution in [2.75, 3.05) is 40.0 Å². The molecule has 11 rings (SSSR count). The van der Waals surface area contributed by atoms with Crippen LogP contribution in [0.15, 0.2) is 103 Å². The summed E-state index contributed by atoms with van der Waals surface area (Å²) in [7, 11) is 1.32. The topological polar surface area (TPSA) is 149 Å². The zero-order valence-corrected chi connectivity index (χ0v) is 37.9. The van der Waals surface area contributed by atoms with E-state index in [0.717, 1.165) is 120 Å². The number of rotatable bonds is 11. The second-order valence-corrected chi connectivity index (χ2v) is 19.6. The number of nitrogens with zero attached hydrogens (tertiary/aromatic N) is 5. The third-order valence-corrected chi connectivity index (χ3v) is 15.2. The number of aromatic amines is 2. The Morgan fingerprint density at radius 1 is 0.788 bits per heavy atom. The number of methoxy groups -OCH3 is 1. The van der Waals surface area contributed by atoms with E-state index in [-0.39, 0.29) is 47.3 Å². The summed E-state index contributed by atoms with van der Waals surface area (Å²) in [6.45, 7) is 7.38. The number of hydrogen-bond acceptors (Lipinski definition) is 8. The van der Waals surface area contributed by atoms with E-state index in [2.05, 4.69) is 97.9 Å². The number of morpholine rings is 1. The molecule has 3 N–H and O–H groups in total. The number of hydrogen-bond donors (Lipinski definition) is 3. The van der Waals surface area contributed by atoms with Gasteiger partial charge < -0.3 is 34.6 Å². The van der Waals surface area contributed by atoms with Gasteiger partial charge in [0.2, 0.25) is 11.8 Å². The number of aromatic nitrogens is 4. The van der Waals surface area contributed by atoms with Gasteiger partial charge in [-0.15, -0.1) is 0 Å². The van der Waals surface area contributed by atoms with Gasteiger partial charge in [0.15, 0.2) is 0 Å². The molecule has 5 heterocycles. The first-order valence-corrected chi connectivity index (χ1v) is 23.7. The fraction of sp³-hybridized carbons (Fsp3) is 0.415. The van der Waals surface area contributed by atoms with Crippen LogP contribution in [0.5, 0.6) is 0 Å². The van der Waals surface area contributed by atoms with E-state index >= 15 is 0 Å². The third-order valence-electron chi connectivity index (χ3n) is 15.2. The van der Waals surface area contributed by atoms with E-state index < -0.39 is 12.1 Å². The summed E-state index contributed by atoms with van der Waals surface area (Å²) < 4.78 is 10.5. The van der Waals surface area contributed by atoms with E-state index in [4.69, 9.17) is 19.4 Å². The highest BCUT2D eigenvalue weighted by Gasteiger charge is 2.56. The average molecular weight is 887 g/mol. The molecule has 0 radical (unpaired) electrons. The SMILES string of the molecule is COC(=O)N[C@H](C(=O)N1C(c2ncc(-c3ccc(-c4ccc5cc(-c6cnc([C@@H]7CC8(CC8)CN7C(=O)C(c7ccccc7)N7CCOCC7)[nH]6)ccc5c4)cc3)[nH]2)[C@H]2CC[C@@H]1C2)C(C)C. The molecule has 340 valence electrons. The predicted octanol–water partition coefficient (Wildman–Crippen LogP) is 8.85. The number of benzene rings is 4. The van der Waals surface area contributed by atoms with Crippen molar-refractivity contribution < 1.29 is 23.9 Å². The molecule has 1 spiro atoms. The van der Waals surface area contributed by atoms with Gasteiger partial charge in [-0.25, -0.2) is 14.8 Å².